The summed E-state index contributed by atoms with van der Waals surface area (Å²) in [6, 6.07) is 22.3. The van der Waals surface area contributed by atoms with E-state index in [2.05, 4.69) is 24.8 Å². The second-order valence-electron chi connectivity index (χ2n) is 3.87. The molecule has 0 radical (unpaired) electrons. The van der Waals surface area contributed by atoms with Gasteiger partial charge in [0.15, 0.2) is 0 Å². The van der Waals surface area contributed by atoms with E-state index in [9.17, 15) is 0 Å². The number of benzene rings is 2. The van der Waals surface area contributed by atoms with Crippen LogP contribution >= 0.6 is 11.8 Å². The fourth-order valence-corrected chi connectivity index (χ4v) is 2.35. The van der Waals surface area contributed by atoms with Crippen LogP contribution in [-0.2, 0) is 0 Å². The van der Waals surface area contributed by atoms with E-state index in [1.165, 1.54) is 9.80 Å². The Bertz CT molecular complexity index is 497. The van der Waals surface area contributed by atoms with Crippen LogP contribution in [0, 0.1) is 0 Å². The van der Waals surface area contributed by atoms with Gasteiger partial charge in [-0.15, -0.1) is 0 Å². The molecule has 0 aliphatic rings. The third-order valence-electron chi connectivity index (χ3n) is 2.26. The van der Waals surface area contributed by atoms with Crippen LogP contribution < -0.4 is 0 Å². The summed E-state index contributed by atoms with van der Waals surface area (Å²) in [7, 11) is 0. The minimum atomic E-state index is 1.20. The first-order valence-corrected chi connectivity index (χ1v) is 7.37. The Morgan fingerprint density at radius 3 is 1.85 bits per heavy atom. The molecular weight excluding hydrogens is 260 g/mol. The lowest BCUT2D eigenvalue weighted by Gasteiger charge is -2.00. The van der Waals surface area contributed by atoms with Crippen molar-refractivity contribution < 1.29 is 0 Å². The molecule has 20 heavy (non-hydrogen) atoms. The van der Waals surface area contributed by atoms with Gasteiger partial charge in [0.2, 0.25) is 0 Å². The van der Waals surface area contributed by atoms with Crippen molar-refractivity contribution in [2.75, 3.05) is 0 Å². The quantitative estimate of drug-likeness (QED) is 0.481. The third-order valence-corrected chi connectivity index (χ3v) is 3.27. The van der Waals surface area contributed by atoms with Gasteiger partial charge >= 0.3 is 0 Å². The molecule has 0 saturated heterocycles. The van der Waals surface area contributed by atoms with E-state index in [0.29, 0.717) is 0 Å². The third kappa shape index (κ3) is 7.45. The highest BCUT2D eigenvalue weighted by atomic mass is 32.2. The summed E-state index contributed by atoms with van der Waals surface area (Å²) in [5.41, 5.74) is 0. The standard InChI is InChI=1S/C13H14S.C6H6/c1-3-8-12(9-4-2)14-13-10-6-5-7-11-13;1-2-4-6-5-3-1/h3-11H,1H2,2H3;1-6H/b9-4-,12-8+;. The van der Waals surface area contributed by atoms with Crippen molar-refractivity contribution in [3.8, 4) is 0 Å². The van der Waals surface area contributed by atoms with Gasteiger partial charge in [-0.05, 0) is 25.1 Å². The molecule has 2 aromatic carbocycles. The van der Waals surface area contributed by atoms with Gasteiger partial charge in [0.05, 0.1) is 0 Å². The zero-order valence-corrected chi connectivity index (χ0v) is 12.6. The number of allylic oxidation sites excluding steroid dienone is 4. The zero-order valence-electron chi connectivity index (χ0n) is 11.8. The van der Waals surface area contributed by atoms with Gasteiger partial charge < -0.3 is 0 Å². The van der Waals surface area contributed by atoms with Crippen molar-refractivity contribution in [2.24, 2.45) is 0 Å². The molecule has 2 aromatic rings. The predicted molar refractivity (Wildman–Crippen MR) is 91.8 cm³/mol. The van der Waals surface area contributed by atoms with Crippen LogP contribution in [0.1, 0.15) is 6.92 Å². The number of hydrogen-bond acceptors (Lipinski definition) is 1. The van der Waals surface area contributed by atoms with Crippen LogP contribution in [-0.4, -0.2) is 0 Å². The summed E-state index contributed by atoms with van der Waals surface area (Å²) in [6.07, 6.45) is 7.94. The summed E-state index contributed by atoms with van der Waals surface area (Å²) >= 11 is 1.74. The molecule has 0 aliphatic carbocycles. The molecule has 1 heteroatoms. The molecule has 0 unspecified atom stereocenters. The predicted octanol–water partition coefficient (Wildman–Crippen LogP) is 6.11. The Hall–Kier alpha value is -1.99. The van der Waals surface area contributed by atoms with E-state index in [1.54, 1.807) is 11.8 Å². The fourth-order valence-electron chi connectivity index (χ4n) is 1.41. The topological polar surface area (TPSA) is 0 Å². The Balaban J connectivity index is 0.000000276. The fraction of sp³-hybridized carbons (Fsp3) is 0.0526. The summed E-state index contributed by atoms with van der Waals surface area (Å²) in [5, 5.41) is 0. The smallest absolute Gasteiger partial charge is 0.0122 e. The summed E-state index contributed by atoms with van der Waals surface area (Å²) < 4.78 is 0. The van der Waals surface area contributed by atoms with E-state index in [-0.39, 0.29) is 0 Å². The van der Waals surface area contributed by atoms with Crippen molar-refractivity contribution >= 4 is 11.8 Å². The van der Waals surface area contributed by atoms with Gasteiger partial charge in [-0.1, -0.05) is 91.2 Å². The molecular formula is C19H20S. The highest BCUT2D eigenvalue weighted by molar-refractivity contribution is 8.03. The van der Waals surface area contributed by atoms with Gasteiger partial charge in [0.1, 0.15) is 0 Å². The number of thioether (sulfide) groups is 1. The van der Waals surface area contributed by atoms with Crippen LogP contribution in [0.2, 0.25) is 0 Å². The van der Waals surface area contributed by atoms with E-state index in [0.717, 1.165) is 0 Å². The van der Waals surface area contributed by atoms with Crippen LogP contribution in [0.5, 0.6) is 0 Å². The second kappa shape index (κ2) is 10.9. The SMILES string of the molecule is C=C/C=C(\C=C/C)Sc1ccccc1.c1ccccc1. The van der Waals surface area contributed by atoms with Crippen LogP contribution in [0.25, 0.3) is 0 Å². The van der Waals surface area contributed by atoms with Crippen molar-refractivity contribution in [1.82, 2.24) is 0 Å². The first-order valence-electron chi connectivity index (χ1n) is 6.55. The average molecular weight is 280 g/mol. The van der Waals surface area contributed by atoms with Crippen LogP contribution in [0.15, 0.2) is 107 Å². The Kier molecular flexibility index (Phi) is 8.75. The second-order valence-corrected chi connectivity index (χ2v) is 5.02. The van der Waals surface area contributed by atoms with Crippen LogP contribution in [0.4, 0.5) is 0 Å². The summed E-state index contributed by atoms with van der Waals surface area (Å²) in [6.45, 7) is 5.72. The molecule has 0 heterocycles. The lowest BCUT2D eigenvalue weighted by molar-refractivity contribution is 1.47. The van der Waals surface area contributed by atoms with Gasteiger partial charge in [0.25, 0.3) is 0 Å². The Morgan fingerprint density at radius 1 is 0.900 bits per heavy atom. The highest BCUT2D eigenvalue weighted by Crippen LogP contribution is 2.26. The zero-order chi connectivity index (χ0) is 14.5. The first-order chi connectivity index (χ1) is 9.86. The Labute approximate surface area is 126 Å². The molecule has 0 aliphatic heterocycles. The molecule has 0 bridgehead atoms. The minimum absolute atomic E-state index is 1.20. The molecule has 0 nitrogen and oxygen atoms in total. The first kappa shape index (κ1) is 16.1. The van der Waals surface area contributed by atoms with Crippen molar-refractivity contribution in [2.45, 2.75) is 11.8 Å². The van der Waals surface area contributed by atoms with E-state index >= 15 is 0 Å². The summed E-state index contributed by atoms with van der Waals surface area (Å²) in [4.78, 5) is 2.45. The number of hydrogen-bond donors (Lipinski definition) is 0. The molecule has 0 saturated carbocycles. The summed E-state index contributed by atoms with van der Waals surface area (Å²) in [5.74, 6) is 0. The maximum absolute atomic E-state index is 3.70. The molecule has 2 rings (SSSR count). The highest BCUT2D eigenvalue weighted by Gasteiger charge is 1.94. The maximum Gasteiger partial charge on any atom is 0.0122 e. The lowest BCUT2D eigenvalue weighted by atomic mass is 10.4. The van der Waals surface area contributed by atoms with Crippen molar-refractivity contribution in [1.29, 1.82) is 0 Å². The largest absolute Gasteiger partial charge is 0.0990 e. The monoisotopic (exact) mass is 280 g/mol. The van der Waals surface area contributed by atoms with Gasteiger partial charge in [0, 0.05) is 9.80 Å². The number of rotatable bonds is 4. The van der Waals surface area contributed by atoms with Crippen molar-refractivity contribution in [3.63, 3.8) is 0 Å². The normalized spacial score (nSPS) is 10.8. The molecule has 0 amide bonds. The lowest BCUT2D eigenvalue weighted by Crippen LogP contribution is -1.72. The van der Waals surface area contributed by atoms with Crippen molar-refractivity contribution in [3.05, 3.63) is 103 Å². The van der Waals surface area contributed by atoms with Crippen LogP contribution in [0.3, 0.4) is 0 Å². The molecule has 0 spiro atoms. The van der Waals surface area contributed by atoms with E-state index in [4.69, 9.17) is 0 Å². The molecule has 0 aromatic heterocycles. The van der Waals surface area contributed by atoms with E-state index < -0.39 is 0 Å². The molecule has 102 valence electrons. The Morgan fingerprint density at radius 2 is 1.40 bits per heavy atom. The van der Waals surface area contributed by atoms with Gasteiger partial charge in [-0.2, -0.15) is 0 Å². The maximum atomic E-state index is 3.70. The molecule has 0 atom stereocenters. The molecule has 0 fully saturated rings. The van der Waals surface area contributed by atoms with E-state index in [1.807, 2.05) is 79.7 Å². The molecule has 0 N–H and O–H groups in total. The average Bonchev–Trinajstić information content (AvgIpc) is 2.51. The minimum Gasteiger partial charge on any atom is -0.0990 e. The van der Waals surface area contributed by atoms with Gasteiger partial charge in [-0.25, -0.2) is 0 Å². The van der Waals surface area contributed by atoms with Gasteiger partial charge in [-0.3, -0.25) is 0 Å².